The quantitative estimate of drug-likeness (QED) is 0.0893. The van der Waals surface area contributed by atoms with Crippen molar-refractivity contribution in [2.75, 3.05) is 65.4 Å². The Kier molecular flexibility index (Phi) is 18.5. The minimum atomic E-state index is -1.94. The van der Waals surface area contributed by atoms with E-state index in [0.717, 1.165) is 71.0 Å². The summed E-state index contributed by atoms with van der Waals surface area (Å²) < 4.78 is 21.6. The smallest absolute Gasteiger partial charge is 0.872 e. The molecule has 0 unspecified atom stereocenters. The van der Waals surface area contributed by atoms with Crippen LogP contribution in [0.5, 0.6) is 34.5 Å². The molecule has 0 radical (unpaired) electrons. The Bertz CT molecular complexity index is 2120. The molecule has 0 aliphatic heterocycles. The van der Waals surface area contributed by atoms with Crippen molar-refractivity contribution in [1.82, 2.24) is 9.80 Å². The molecular formula is C50H54N4O9Ti. The number of ether oxygens (including phenoxy) is 4. The molecule has 0 heterocycles. The molecular weight excluding hydrogens is 848 g/mol. The predicted molar refractivity (Wildman–Crippen MR) is 239 cm³/mol. The standard InChI is InChI=1S/C46H50N4O6.C4H7O3.Ti/c1-47(31-33-29-39(15-25-45(33)51)49(35-7-17-41(53-3)18-8-35)36-9-19-42(54-4)20-10-36)27-28-48(2)32-34-30-40(16-26-46(34)52)50(37-11-21-43(55-5)22-12-37)38-13-23-44(56-6)24-14-38;1-4(2,7)3(5)6;/h7-26,29-30,51-52H,27-28,31-32H2,1-6H3;1-2H3,(H,5,6);/q;-1;+4/p-3. The molecule has 13 nitrogen and oxygen atoms in total. The van der Waals surface area contributed by atoms with Gasteiger partial charge in [0.05, 0.1) is 28.4 Å². The van der Waals surface area contributed by atoms with Gasteiger partial charge in [-0.3, -0.25) is 0 Å². The van der Waals surface area contributed by atoms with Crippen LogP contribution in [0.1, 0.15) is 25.0 Å². The second-order valence-electron chi connectivity index (χ2n) is 15.3. The van der Waals surface area contributed by atoms with Crippen molar-refractivity contribution in [3.05, 3.63) is 145 Å². The summed E-state index contributed by atoms with van der Waals surface area (Å²) in [4.78, 5) is 18.1. The summed E-state index contributed by atoms with van der Waals surface area (Å²) in [7, 11) is 10.6. The van der Waals surface area contributed by atoms with Gasteiger partial charge in [-0.2, -0.15) is 0 Å². The number of hydrogen-bond donors (Lipinski definition) is 0. The van der Waals surface area contributed by atoms with Gasteiger partial charge < -0.3 is 63.8 Å². The van der Waals surface area contributed by atoms with Crippen molar-refractivity contribution in [1.29, 1.82) is 0 Å². The average molecular weight is 903 g/mol. The molecule has 6 rings (SSSR count). The van der Waals surface area contributed by atoms with Gasteiger partial charge in [-0.05, 0) is 147 Å². The van der Waals surface area contributed by atoms with Crippen LogP contribution in [0.15, 0.2) is 133 Å². The summed E-state index contributed by atoms with van der Waals surface area (Å²) in [5.41, 5.74) is 4.85. The summed E-state index contributed by atoms with van der Waals surface area (Å²) in [6, 6.07) is 42.2. The number of benzene rings is 6. The molecule has 0 spiro atoms. The van der Waals surface area contributed by atoms with Gasteiger partial charge in [0.2, 0.25) is 0 Å². The SMILES string of the molecule is CC(C)([O-])C(=O)[O-].COc1ccc(N(c2ccc(OC)cc2)c2ccc([O-])c(CN(C)CCN(C)Cc3cc(N(c4ccc(OC)cc4)c4ccc(OC)cc4)ccc3[O-])c2)cc1.[Ti+4]. The first-order chi connectivity index (χ1) is 30.1. The third kappa shape index (κ3) is 13.6. The van der Waals surface area contributed by atoms with Crippen molar-refractivity contribution in [3.8, 4) is 34.5 Å². The summed E-state index contributed by atoms with van der Waals surface area (Å²) in [6.45, 7) is 4.36. The third-order valence-electron chi connectivity index (χ3n) is 10.2. The van der Waals surface area contributed by atoms with E-state index in [-0.39, 0.29) is 33.2 Å². The number of carboxylic acids is 1. The van der Waals surface area contributed by atoms with E-state index in [2.05, 4.69) is 19.6 Å². The van der Waals surface area contributed by atoms with Gasteiger partial charge in [0.25, 0.3) is 0 Å². The molecule has 0 bridgehead atoms. The maximum atomic E-state index is 13.2. The van der Waals surface area contributed by atoms with E-state index in [1.807, 2.05) is 135 Å². The molecule has 0 N–H and O–H groups in total. The Morgan fingerprint density at radius 3 is 0.938 bits per heavy atom. The Hall–Kier alpha value is -6.22. The first kappa shape index (κ1) is 50.4. The largest absolute Gasteiger partial charge is 4.00 e. The Morgan fingerprint density at radius 2 is 0.719 bits per heavy atom. The van der Waals surface area contributed by atoms with Crippen LogP contribution in [0.25, 0.3) is 0 Å². The normalized spacial score (nSPS) is 10.9. The molecule has 6 aromatic carbocycles. The van der Waals surface area contributed by atoms with Crippen molar-refractivity contribution < 1.29 is 65.9 Å². The zero-order valence-electron chi connectivity index (χ0n) is 37.5. The molecule has 0 aromatic heterocycles. The zero-order valence-corrected chi connectivity index (χ0v) is 39.1. The van der Waals surface area contributed by atoms with Crippen molar-refractivity contribution >= 4 is 40.1 Å². The first-order valence-electron chi connectivity index (χ1n) is 20.2. The van der Waals surface area contributed by atoms with E-state index in [4.69, 9.17) is 18.9 Å². The van der Waals surface area contributed by atoms with E-state index in [1.165, 1.54) is 0 Å². The molecule has 0 atom stereocenters. The van der Waals surface area contributed by atoms with Gasteiger partial charge in [0.15, 0.2) is 0 Å². The van der Waals surface area contributed by atoms with Crippen molar-refractivity contribution in [3.63, 3.8) is 0 Å². The van der Waals surface area contributed by atoms with Crippen LogP contribution >= 0.6 is 0 Å². The van der Waals surface area contributed by atoms with Gasteiger partial charge >= 0.3 is 21.7 Å². The molecule has 0 amide bonds. The van der Waals surface area contributed by atoms with E-state index in [9.17, 15) is 25.2 Å². The summed E-state index contributed by atoms with van der Waals surface area (Å²) in [5, 5.41) is 46.1. The van der Waals surface area contributed by atoms with E-state index >= 15 is 0 Å². The number of carboxylic acid groups (broad SMARTS) is 1. The number of likely N-dealkylation sites (N-methyl/N-ethyl adjacent to an activating group) is 2. The zero-order chi connectivity index (χ0) is 45.7. The monoisotopic (exact) mass is 902 g/mol. The number of carbonyl (C=O) groups is 1. The maximum absolute atomic E-state index is 13.2. The summed E-state index contributed by atoms with van der Waals surface area (Å²) in [5.74, 6) is 1.42. The Labute approximate surface area is 391 Å². The molecule has 64 heavy (non-hydrogen) atoms. The van der Waals surface area contributed by atoms with Crippen LogP contribution in [-0.4, -0.2) is 77.0 Å². The molecule has 14 heteroatoms. The van der Waals surface area contributed by atoms with Gasteiger partial charge in [0.1, 0.15) is 23.0 Å². The summed E-state index contributed by atoms with van der Waals surface area (Å²) >= 11 is 0. The van der Waals surface area contributed by atoms with Crippen molar-refractivity contribution in [2.45, 2.75) is 32.5 Å². The van der Waals surface area contributed by atoms with Gasteiger partial charge in [-0.1, -0.05) is 31.6 Å². The number of carbonyl (C=O) groups excluding carboxylic acids is 1. The minimum absolute atomic E-state index is 0. The number of anilines is 6. The van der Waals surface area contributed by atoms with Crippen LogP contribution in [0.4, 0.5) is 34.1 Å². The third-order valence-corrected chi connectivity index (χ3v) is 10.2. The van der Waals surface area contributed by atoms with E-state index in [1.54, 1.807) is 40.6 Å². The number of rotatable bonds is 18. The van der Waals surface area contributed by atoms with E-state index < -0.39 is 11.6 Å². The topological polar surface area (TPSA) is 159 Å². The molecule has 6 aromatic rings. The molecule has 0 aliphatic rings. The van der Waals surface area contributed by atoms with Crippen molar-refractivity contribution in [2.24, 2.45) is 0 Å². The average Bonchev–Trinajstić information content (AvgIpc) is 3.28. The molecule has 0 fully saturated rings. The fraction of sp³-hybridized carbons (Fsp3) is 0.260. The first-order valence-corrected chi connectivity index (χ1v) is 20.2. The number of nitrogens with zero attached hydrogens (tertiary/aromatic N) is 4. The minimum Gasteiger partial charge on any atom is -0.872 e. The van der Waals surface area contributed by atoms with Crippen LogP contribution in [-0.2, 0) is 39.6 Å². The van der Waals surface area contributed by atoms with Gasteiger partial charge in [0, 0.05) is 66.3 Å². The fourth-order valence-electron chi connectivity index (χ4n) is 6.56. The van der Waals surface area contributed by atoms with Crippen LogP contribution in [0.2, 0.25) is 0 Å². The number of aliphatic carboxylic acids is 1. The number of methoxy groups -OCH3 is 4. The van der Waals surface area contributed by atoms with E-state index in [0.29, 0.717) is 37.3 Å². The summed E-state index contributed by atoms with van der Waals surface area (Å²) in [6.07, 6.45) is 0. The fourth-order valence-corrected chi connectivity index (χ4v) is 6.56. The van der Waals surface area contributed by atoms with Gasteiger partial charge in [-0.15, -0.1) is 11.5 Å². The second-order valence-corrected chi connectivity index (χ2v) is 15.3. The maximum Gasteiger partial charge on any atom is 4.00 e. The van der Waals surface area contributed by atoms with Crippen LogP contribution in [0, 0.1) is 0 Å². The Morgan fingerprint density at radius 1 is 0.484 bits per heavy atom. The Balaban J connectivity index is 0.00000104. The molecule has 332 valence electrons. The molecule has 0 saturated heterocycles. The molecule has 0 saturated carbocycles. The van der Waals surface area contributed by atoms with Gasteiger partial charge in [-0.25, -0.2) is 0 Å². The number of hydrogen-bond acceptors (Lipinski definition) is 13. The molecule has 0 aliphatic carbocycles. The second kappa shape index (κ2) is 23.5. The van der Waals surface area contributed by atoms with Crippen LogP contribution in [0.3, 0.4) is 0 Å². The predicted octanol–water partition coefficient (Wildman–Crippen LogP) is 6.24. The van der Waals surface area contributed by atoms with Crippen LogP contribution < -0.4 is 49.2 Å².